The van der Waals surface area contributed by atoms with Crippen molar-refractivity contribution in [1.82, 2.24) is 4.31 Å². The van der Waals surface area contributed by atoms with Gasteiger partial charge in [0.2, 0.25) is 15.9 Å². The molecule has 0 unspecified atom stereocenters. The molecule has 1 heterocycles. The number of benzene rings is 1. The summed E-state index contributed by atoms with van der Waals surface area (Å²) in [6.07, 6.45) is 4.35. The Labute approximate surface area is 150 Å². The van der Waals surface area contributed by atoms with E-state index in [9.17, 15) is 13.2 Å². The van der Waals surface area contributed by atoms with E-state index in [-0.39, 0.29) is 11.7 Å². The van der Waals surface area contributed by atoms with Crippen LogP contribution in [0.3, 0.4) is 0 Å². The van der Waals surface area contributed by atoms with Gasteiger partial charge in [-0.15, -0.1) is 0 Å². The minimum atomic E-state index is -3.17. The topological polar surface area (TPSA) is 75.7 Å². The molecule has 0 aliphatic carbocycles. The highest BCUT2D eigenvalue weighted by Crippen LogP contribution is 2.24. The van der Waals surface area contributed by atoms with Crippen molar-refractivity contribution in [2.45, 2.75) is 45.4 Å². The lowest BCUT2D eigenvalue weighted by Crippen LogP contribution is -2.37. The molecule has 1 aromatic rings. The van der Waals surface area contributed by atoms with E-state index in [4.69, 9.17) is 4.74 Å². The fourth-order valence-corrected chi connectivity index (χ4v) is 4.55. The van der Waals surface area contributed by atoms with Crippen LogP contribution in [-0.2, 0) is 14.8 Å². The molecule has 1 amide bonds. The summed E-state index contributed by atoms with van der Waals surface area (Å²) in [5, 5.41) is 2.83. The van der Waals surface area contributed by atoms with Gasteiger partial charge in [-0.05, 0) is 44.7 Å². The number of carbonyl (C=O) groups excluding carboxylic acids is 1. The first-order valence-electron chi connectivity index (χ1n) is 9.02. The highest BCUT2D eigenvalue weighted by molar-refractivity contribution is 7.89. The molecule has 0 spiro atoms. The second-order valence-electron chi connectivity index (χ2n) is 6.21. The minimum absolute atomic E-state index is 0.121. The van der Waals surface area contributed by atoms with Crippen LogP contribution in [0.1, 0.15) is 45.4 Å². The number of nitrogens with zero attached hydrogens (tertiary/aromatic N) is 1. The zero-order valence-corrected chi connectivity index (χ0v) is 15.7. The highest BCUT2D eigenvalue weighted by atomic mass is 32.2. The van der Waals surface area contributed by atoms with Crippen LogP contribution in [0.5, 0.6) is 5.75 Å². The zero-order valence-electron chi connectivity index (χ0n) is 14.9. The van der Waals surface area contributed by atoms with Crippen LogP contribution in [0.4, 0.5) is 5.69 Å². The van der Waals surface area contributed by atoms with Gasteiger partial charge >= 0.3 is 0 Å². The van der Waals surface area contributed by atoms with Gasteiger partial charge in [0.05, 0.1) is 18.0 Å². The third kappa shape index (κ3) is 6.32. The van der Waals surface area contributed by atoms with Crippen molar-refractivity contribution in [3.63, 3.8) is 0 Å². The van der Waals surface area contributed by atoms with Crippen molar-refractivity contribution in [2.24, 2.45) is 0 Å². The Morgan fingerprint density at radius 3 is 2.60 bits per heavy atom. The van der Waals surface area contributed by atoms with Crippen LogP contribution < -0.4 is 10.1 Å². The largest absolute Gasteiger partial charge is 0.492 e. The number of nitrogens with one attached hydrogen (secondary N) is 1. The number of rotatable bonds is 9. The van der Waals surface area contributed by atoms with E-state index in [0.717, 1.165) is 19.3 Å². The molecular formula is C18H28N2O4S. The van der Waals surface area contributed by atoms with Gasteiger partial charge in [0.1, 0.15) is 5.75 Å². The molecule has 0 aromatic heterocycles. The number of piperidine rings is 1. The maximum absolute atomic E-state index is 12.2. The lowest BCUT2D eigenvalue weighted by molar-refractivity contribution is -0.116. The van der Waals surface area contributed by atoms with Gasteiger partial charge < -0.3 is 10.1 Å². The molecule has 1 aliphatic heterocycles. The minimum Gasteiger partial charge on any atom is -0.492 e. The van der Waals surface area contributed by atoms with Crippen LogP contribution in [0.2, 0.25) is 0 Å². The van der Waals surface area contributed by atoms with Crippen LogP contribution in [0.25, 0.3) is 0 Å². The van der Waals surface area contributed by atoms with E-state index in [1.54, 1.807) is 10.4 Å². The predicted molar refractivity (Wildman–Crippen MR) is 99.3 cm³/mol. The van der Waals surface area contributed by atoms with Gasteiger partial charge in [-0.2, -0.15) is 0 Å². The Morgan fingerprint density at radius 1 is 1.16 bits per heavy atom. The van der Waals surface area contributed by atoms with Crippen molar-refractivity contribution in [3.05, 3.63) is 24.3 Å². The number of amides is 1. The molecule has 0 radical (unpaired) electrons. The summed E-state index contributed by atoms with van der Waals surface area (Å²) in [6, 6.07) is 7.30. The number of carbonyl (C=O) groups is 1. The number of ether oxygens (including phenoxy) is 1. The molecule has 2 rings (SSSR count). The Morgan fingerprint density at radius 2 is 1.88 bits per heavy atom. The number of unbranched alkanes of at least 4 members (excludes halogenated alkanes) is 1. The molecule has 0 saturated carbocycles. The fourth-order valence-electron chi connectivity index (χ4n) is 2.91. The molecular weight excluding hydrogens is 340 g/mol. The molecule has 1 aromatic carbocycles. The van der Waals surface area contributed by atoms with Gasteiger partial charge in [-0.1, -0.05) is 18.6 Å². The number of sulfonamides is 1. The molecule has 0 bridgehead atoms. The molecule has 7 heteroatoms. The van der Waals surface area contributed by atoms with E-state index in [0.29, 0.717) is 50.4 Å². The maximum atomic E-state index is 12.2. The first kappa shape index (κ1) is 19.7. The quantitative estimate of drug-likeness (QED) is 0.680. The number of para-hydroxylation sites is 2. The molecule has 25 heavy (non-hydrogen) atoms. The van der Waals surface area contributed by atoms with Crippen molar-refractivity contribution >= 4 is 21.6 Å². The van der Waals surface area contributed by atoms with Crippen LogP contribution in [0.15, 0.2) is 24.3 Å². The summed E-state index contributed by atoms with van der Waals surface area (Å²) in [5.74, 6) is 0.643. The van der Waals surface area contributed by atoms with E-state index in [1.807, 2.05) is 25.1 Å². The summed E-state index contributed by atoms with van der Waals surface area (Å²) in [7, 11) is -3.17. The Kier molecular flexibility index (Phi) is 7.71. The average molecular weight is 368 g/mol. The molecule has 1 saturated heterocycles. The van der Waals surface area contributed by atoms with Crippen molar-refractivity contribution < 1.29 is 17.9 Å². The van der Waals surface area contributed by atoms with Gasteiger partial charge in [-0.3, -0.25) is 4.79 Å². The van der Waals surface area contributed by atoms with E-state index >= 15 is 0 Å². The van der Waals surface area contributed by atoms with Gasteiger partial charge in [0, 0.05) is 19.5 Å². The second kappa shape index (κ2) is 9.77. The first-order chi connectivity index (χ1) is 12.0. The zero-order chi connectivity index (χ0) is 18.1. The maximum Gasteiger partial charge on any atom is 0.224 e. The van der Waals surface area contributed by atoms with Gasteiger partial charge in [0.15, 0.2) is 0 Å². The first-order valence-corrected chi connectivity index (χ1v) is 10.6. The Bertz CT molecular complexity index is 655. The molecule has 140 valence electrons. The van der Waals surface area contributed by atoms with Crippen LogP contribution in [-0.4, -0.2) is 44.1 Å². The lowest BCUT2D eigenvalue weighted by atomic mass is 10.2. The predicted octanol–water partition coefficient (Wildman–Crippen LogP) is 3.01. The van der Waals surface area contributed by atoms with Crippen molar-refractivity contribution in [2.75, 3.05) is 30.8 Å². The number of anilines is 1. The summed E-state index contributed by atoms with van der Waals surface area (Å²) in [6.45, 7) is 3.69. The van der Waals surface area contributed by atoms with Gasteiger partial charge in [-0.25, -0.2) is 12.7 Å². The van der Waals surface area contributed by atoms with Crippen LogP contribution >= 0.6 is 0 Å². The third-order valence-corrected chi connectivity index (χ3v) is 6.18. The van der Waals surface area contributed by atoms with Crippen molar-refractivity contribution in [3.8, 4) is 5.75 Å². The standard InChI is InChI=1S/C18H28N2O4S/c1-2-24-17-11-5-4-10-16(17)19-18(21)12-6-9-15-25(22,23)20-13-7-3-8-14-20/h4-5,10-11H,2-3,6-9,12-15H2,1H3,(H,19,21). The number of hydrogen-bond donors (Lipinski definition) is 1. The Balaban J connectivity index is 1.73. The van der Waals surface area contributed by atoms with Gasteiger partial charge in [0.25, 0.3) is 0 Å². The van der Waals surface area contributed by atoms with Crippen molar-refractivity contribution in [1.29, 1.82) is 0 Å². The highest BCUT2D eigenvalue weighted by Gasteiger charge is 2.23. The molecule has 1 N–H and O–H groups in total. The molecule has 0 atom stereocenters. The summed E-state index contributed by atoms with van der Waals surface area (Å²) >= 11 is 0. The lowest BCUT2D eigenvalue weighted by Gasteiger charge is -2.25. The molecule has 6 nitrogen and oxygen atoms in total. The van der Waals surface area contributed by atoms with E-state index < -0.39 is 10.0 Å². The summed E-state index contributed by atoms with van der Waals surface area (Å²) in [5.41, 5.74) is 0.648. The monoisotopic (exact) mass is 368 g/mol. The molecule has 1 fully saturated rings. The van der Waals surface area contributed by atoms with E-state index in [2.05, 4.69) is 5.32 Å². The Hall–Kier alpha value is -1.60. The second-order valence-corrected chi connectivity index (χ2v) is 8.30. The summed E-state index contributed by atoms with van der Waals surface area (Å²) in [4.78, 5) is 12.1. The van der Waals surface area contributed by atoms with E-state index in [1.165, 1.54) is 0 Å². The smallest absolute Gasteiger partial charge is 0.224 e. The summed E-state index contributed by atoms with van der Waals surface area (Å²) < 4.78 is 31.6. The normalized spacial score (nSPS) is 15.7. The molecule has 1 aliphatic rings. The SMILES string of the molecule is CCOc1ccccc1NC(=O)CCCCS(=O)(=O)N1CCCCC1. The third-order valence-electron chi connectivity index (χ3n) is 4.23. The number of hydrogen-bond acceptors (Lipinski definition) is 4. The van der Waals surface area contributed by atoms with Crippen LogP contribution in [0, 0.1) is 0 Å². The average Bonchev–Trinajstić information content (AvgIpc) is 2.61. The fraction of sp³-hybridized carbons (Fsp3) is 0.611.